The van der Waals surface area contributed by atoms with E-state index in [0.717, 1.165) is 19.5 Å². The maximum Gasteiger partial charge on any atom is 0.0682 e. The zero-order chi connectivity index (χ0) is 13.2. The summed E-state index contributed by atoms with van der Waals surface area (Å²) >= 11 is 0. The number of hydrogen-bond acceptors (Lipinski definition) is 4. The third-order valence-electron chi connectivity index (χ3n) is 3.63. The zero-order valence-corrected chi connectivity index (χ0v) is 12.0. The van der Waals surface area contributed by atoms with Crippen LogP contribution in [0.3, 0.4) is 0 Å². The minimum Gasteiger partial charge on any atom is -0.392 e. The van der Waals surface area contributed by atoms with Gasteiger partial charge in [-0.05, 0) is 25.9 Å². The van der Waals surface area contributed by atoms with Crippen LogP contribution in [0, 0.1) is 5.41 Å². The van der Waals surface area contributed by atoms with Crippen LogP contribution >= 0.6 is 0 Å². The lowest BCUT2D eigenvalue weighted by Crippen LogP contribution is -2.53. The smallest absolute Gasteiger partial charge is 0.0682 e. The van der Waals surface area contributed by atoms with Crippen LogP contribution in [0.4, 0.5) is 0 Å². The van der Waals surface area contributed by atoms with Crippen LogP contribution in [0.1, 0.15) is 27.2 Å². The average molecular weight is 243 g/mol. The third kappa shape index (κ3) is 3.91. The zero-order valence-electron chi connectivity index (χ0n) is 12.0. The Morgan fingerprint density at radius 2 is 2.00 bits per heavy atom. The Labute approximate surface area is 106 Å². The highest BCUT2D eigenvalue weighted by atomic mass is 16.3. The monoisotopic (exact) mass is 243 g/mol. The summed E-state index contributed by atoms with van der Waals surface area (Å²) in [6.45, 7) is 9.08. The number of nitrogens with two attached hydrogens (primary N) is 1. The van der Waals surface area contributed by atoms with Gasteiger partial charge in [-0.15, -0.1) is 0 Å². The van der Waals surface area contributed by atoms with E-state index in [4.69, 9.17) is 5.73 Å². The quantitative estimate of drug-likeness (QED) is 0.748. The van der Waals surface area contributed by atoms with Crippen molar-refractivity contribution in [1.82, 2.24) is 9.80 Å². The van der Waals surface area contributed by atoms with E-state index >= 15 is 0 Å². The molecule has 17 heavy (non-hydrogen) atoms. The van der Waals surface area contributed by atoms with E-state index in [-0.39, 0.29) is 11.5 Å². The molecule has 102 valence electrons. The molecule has 3 unspecified atom stereocenters. The van der Waals surface area contributed by atoms with E-state index in [0.29, 0.717) is 18.6 Å². The van der Waals surface area contributed by atoms with Crippen LogP contribution in [-0.2, 0) is 0 Å². The van der Waals surface area contributed by atoms with Gasteiger partial charge in [0.2, 0.25) is 0 Å². The molecule has 1 rings (SSSR count). The predicted molar refractivity (Wildman–Crippen MR) is 72.0 cm³/mol. The molecule has 3 atom stereocenters. The minimum absolute atomic E-state index is 0.156. The topological polar surface area (TPSA) is 52.7 Å². The first-order chi connectivity index (χ1) is 7.75. The van der Waals surface area contributed by atoms with Crippen LogP contribution in [0.25, 0.3) is 0 Å². The lowest BCUT2D eigenvalue weighted by molar-refractivity contribution is 0.0732. The molecule has 1 fully saturated rings. The number of nitrogens with zero attached hydrogens (tertiary/aromatic N) is 2. The Morgan fingerprint density at radius 3 is 2.41 bits per heavy atom. The summed E-state index contributed by atoms with van der Waals surface area (Å²) in [4.78, 5) is 4.59. The molecule has 0 aromatic carbocycles. The van der Waals surface area contributed by atoms with Crippen molar-refractivity contribution in [3.05, 3.63) is 0 Å². The largest absolute Gasteiger partial charge is 0.392 e. The molecular formula is C13H29N3O. The molecule has 0 radical (unpaired) electrons. The molecule has 0 spiro atoms. The molecule has 3 N–H and O–H groups in total. The maximum absolute atomic E-state index is 9.89. The number of rotatable bonds is 4. The molecule has 0 aliphatic carbocycles. The Bertz CT molecular complexity index is 237. The van der Waals surface area contributed by atoms with E-state index < -0.39 is 0 Å². The number of likely N-dealkylation sites (N-methyl/N-ethyl adjacent to an activating group) is 1. The highest BCUT2D eigenvalue weighted by molar-refractivity contribution is 4.95. The van der Waals surface area contributed by atoms with Gasteiger partial charge in [0, 0.05) is 31.7 Å². The van der Waals surface area contributed by atoms with Gasteiger partial charge in [0.15, 0.2) is 0 Å². The van der Waals surface area contributed by atoms with Gasteiger partial charge in [0.05, 0.1) is 6.10 Å². The number of β-amino-alcohol motifs (C(OH)–C–C–N with tert-alkyl or cyclic N) is 1. The van der Waals surface area contributed by atoms with Crippen molar-refractivity contribution >= 4 is 0 Å². The van der Waals surface area contributed by atoms with Crippen molar-refractivity contribution in [3.63, 3.8) is 0 Å². The second kappa shape index (κ2) is 5.65. The summed E-state index contributed by atoms with van der Waals surface area (Å²) < 4.78 is 0. The highest BCUT2D eigenvalue weighted by Gasteiger charge is 2.39. The average Bonchev–Trinajstić information content (AvgIpc) is 2.44. The van der Waals surface area contributed by atoms with Gasteiger partial charge in [0.25, 0.3) is 0 Å². The van der Waals surface area contributed by atoms with E-state index in [1.54, 1.807) is 0 Å². The summed E-state index contributed by atoms with van der Waals surface area (Å²) in [6, 6.07) is 0.761. The first-order valence-corrected chi connectivity index (χ1v) is 6.54. The minimum atomic E-state index is -0.198. The molecule has 0 amide bonds. The Kier molecular flexibility index (Phi) is 4.95. The number of aliphatic hydroxyl groups is 1. The van der Waals surface area contributed by atoms with Crippen LogP contribution in [-0.4, -0.2) is 66.8 Å². The van der Waals surface area contributed by atoms with Gasteiger partial charge < -0.3 is 15.7 Å². The summed E-state index contributed by atoms with van der Waals surface area (Å²) in [7, 11) is 4.16. The van der Waals surface area contributed by atoms with Crippen molar-refractivity contribution < 1.29 is 5.11 Å². The third-order valence-corrected chi connectivity index (χ3v) is 3.63. The summed E-state index contributed by atoms with van der Waals surface area (Å²) in [6.07, 6.45) is 0.668. The fourth-order valence-electron chi connectivity index (χ4n) is 2.89. The molecule has 0 saturated carbocycles. The standard InChI is InChI=1S/C13H29N3O/c1-13(2,3)12(7-14)16-9-11(17)6-10(16)8-15(4)5/h10-12,17H,6-9,14H2,1-5H3. The molecule has 1 aliphatic heterocycles. The van der Waals surface area contributed by atoms with Gasteiger partial charge in [-0.2, -0.15) is 0 Å². The van der Waals surface area contributed by atoms with Crippen molar-refractivity contribution in [1.29, 1.82) is 0 Å². The number of likely N-dealkylation sites (tertiary alicyclic amines) is 1. The van der Waals surface area contributed by atoms with Gasteiger partial charge in [-0.1, -0.05) is 20.8 Å². The Morgan fingerprint density at radius 1 is 1.41 bits per heavy atom. The fourth-order valence-corrected chi connectivity index (χ4v) is 2.89. The normalized spacial score (nSPS) is 28.9. The molecule has 4 heteroatoms. The molecule has 1 saturated heterocycles. The van der Waals surface area contributed by atoms with Gasteiger partial charge >= 0.3 is 0 Å². The van der Waals surface area contributed by atoms with E-state index in [1.165, 1.54) is 0 Å². The molecule has 4 nitrogen and oxygen atoms in total. The van der Waals surface area contributed by atoms with Gasteiger partial charge in [-0.25, -0.2) is 0 Å². The number of aliphatic hydroxyl groups excluding tert-OH is 1. The van der Waals surface area contributed by atoms with E-state index in [9.17, 15) is 5.11 Å². The lowest BCUT2D eigenvalue weighted by atomic mass is 9.85. The SMILES string of the molecule is CN(C)CC1CC(O)CN1C(CN)C(C)(C)C. The molecular weight excluding hydrogens is 214 g/mol. The van der Waals surface area contributed by atoms with Crippen LogP contribution in [0.5, 0.6) is 0 Å². The van der Waals surface area contributed by atoms with Crippen molar-refractivity contribution in [3.8, 4) is 0 Å². The van der Waals surface area contributed by atoms with Crippen molar-refractivity contribution in [2.45, 2.75) is 45.4 Å². The summed E-state index contributed by atoms with van der Waals surface area (Å²) in [5.41, 5.74) is 6.10. The van der Waals surface area contributed by atoms with Crippen molar-refractivity contribution in [2.24, 2.45) is 11.1 Å². The first-order valence-electron chi connectivity index (χ1n) is 6.54. The molecule has 0 bridgehead atoms. The first kappa shape index (κ1) is 14.9. The van der Waals surface area contributed by atoms with Gasteiger partial charge in [-0.3, -0.25) is 4.90 Å². The lowest BCUT2D eigenvalue weighted by Gasteiger charge is -2.41. The summed E-state index contributed by atoms with van der Waals surface area (Å²) in [5.74, 6) is 0. The van der Waals surface area contributed by atoms with Gasteiger partial charge in [0.1, 0.15) is 0 Å². The van der Waals surface area contributed by atoms with E-state index in [1.807, 2.05) is 0 Å². The van der Waals surface area contributed by atoms with Crippen molar-refractivity contribution in [2.75, 3.05) is 33.7 Å². The predicted octanol–water partition coefficient (Wildman–Crippen LogP) is 0.357. The van der Waals surface area contributed by atoms with Crippen LogP contribution in [0.15, 0.2) is 0 Å². The molecule has 0 aromatic heterocycles. The Balaban J connectivity index is 2.77. The van der Waals surface area contributed by atoms with Crippen LogP contribution < -0.4 is 5.73 Å². The summed E-state index contributed by atoms with van der Waals surface area (Å²) in [5, 5.41) is 9.89. The number of hydrogen-bond donors (Lipinski definition) is 2. The maximum atomic E-state index is 9.89. The molecule has 1 aliphatic rings. The highest BCUT2D eigenvalue weighted by Crippen LogP contribution is 2.30. The van der Waals surface area contributed by atoms with E-state index in [2.05, 4.69) is 44.7 Å². The second-order valence-corrected chi connectivity index (χ2v) is 6.62. The Hall–Kier alpha value is -0.160. The second-order valence-electron chi connectivity index (χ2n) is 6.62. The molecule has 1 heterocycles. The van der Waals surface area contributed by atoms with Crippen LogP contribution in [0.2, 0.25) is 0 Å². The molecule has 0 aromatic rings. The fraction of sp³-hybridized carbons (Fsp3) is 1.00.